The van der Waals surface area contributed by atoms with E-state index in [4.69, 9.17) is 15.2 Å². The molecule has 9 nitrogen and oxygen atoms in total. The lowest BCUT2D eigenvalue weighted by molar-refractivity contribution is -0.699. The van der Waals surface area contributed by atoms with Gasteiger partial charge in [-0.1, -0.05) is 33.6 Å². The first-order valence-corrected chi connectivity index (χ1v) is 22.6. The Hall–Kier alpha value is -0.910. The van der Waals surface area contributed by atoms with Gasteiger partial charge in [0.2, 0.25) is 0 Å². The van der Waals surface area contributed by atoms with E-state index in [9.17, 15) is 25.2 Å². The number of fused-ring (bicyclic) bond motifs is 2. The van der Waals surface area contributed by atoms with Gasteiger partial charge in [0.15, 0.2) is 5.78 Å². The van der Waals surface area contributed by atoms with Crippen LogP contribution in [0, 0.1) is 57.7 Å². The molecule has 16 atom stereocenters. The molecule has 0 spiro atoms. The van der Waals surface area contributed by atoms with Gasteiger partial charge >= 0.3 is 0 Å². The lowest BCUT2D eigenvalue weighted by Crippen LogP contribution is -2.94. The van der Waals surface area contributed by atoms with Gasteiger partial charge in [-0.05, 0) is 155 Å². The minimum absolute atomic E-state index is 0.00476. The Balaban J connectivity index is 1.06. The smallest absolute Gasteiger partial charge is 0.162 e. The first-order chi connectivity index (χ1) is 25.7. The fourth-order valence-corrected chi connectivity index (χ4v) is 15.8. The van der Waals surface area contributed by atoms with Crippen molar-refractivity contribution < 1.29 is 40.0 Å². The number of carbonyl (C=O) groups excluding carboxylic acids is 1. The number of piperidine rings is 1. The van der Waals surface area contributed by atoms with Gasteiger partial charge in [0.1, 0.15) is 24.0 Å². The SMILES string of the molecule is CC1CCOC(C2OC2C(C)(O)C(C)(CO)CCC2CC[NH2+]C(N)C2)(C2CC3CCC4=C5C(CCC2(C)C53O)C2(C3CCCC3)CCC(O)CC2C4=O)C1. The van der Waals surface area contributed by atoms with Crippen LogP contribution in [0.2, 0.25) is 0 Å². The number of ketones is 1. The number of quaternary nitrogens is 1. The molecule has 16 unspecified atom stereocenters. The molecule has 0 radical (unpaired) electrons. The highest BCUT2D eigenvalue weighted by molar-refractivity contribution is 6.00. The van der Waals surface area contributed by atoms with E-state index < -0.39 is 39.8 Å². The number of aliphatic hydroxyl groups is 4. The summed E-state index contributed by atoms with van der Waals surface area (Å²) in [6.07, 6.45) is 15.6. The molecule has 9 aliphatic rings. The predicted molar refractivity (Wildman–Crippen MR) is 205 cm³/mol. The lowest BCUT2D eigenvalue weighted by Gasteiger charge is -2.65. The van der Waals surface area contributed by atoms with Crippen LogP contribution >= 0.6 is 0 Å². The molecule has 9 rings (SSSR count). The topological polar surface area (TPSA) is 162 Å². The molecule has 54 heavy (non-hydrogen) atoms. The average Bonchev–Trinajstić information content (AvgIpc) is 3.72. The maximum Gasteiger partial charge on any atom is 0.162 e. The molecule has 0 aromatic heterocycles. The molecular weight excluding hydrogens is 681 g/mol. The van der Waals surface area contributed by atoms with E-state index >= 15 is 0 Å². The van der Waals surface area contributed by atoms with Crippen molar-refractivity contribution in [1.82, 2.24) is 0 Å². The van der Waals surface area contributed by atoms with Gasteiger partial charge in [0, 0.05) is 29.8 Å². The van der Waals surface area contributed by atoms with E-state index in [-0.39, 0.29) is 53.7 Å². The molecule has 0 bridgehead atoms. The number of rotatable bonds is 9. The summed E-state index contributed by atoms with van der Waals surface area (Å²) in [5.74, 6) is 1.75. The molecule has 4 saturated carbocycles. The zero-order chi connectivity index (χ0) is 38.1. The van der Waals surface area contributed by atoms with Gasteiger partial charge in [-0.15, -0.1) is 0 Å². The van der Waals surface area contributed by atoms with E-state index in [1.54, 1.807) is 0 Å². The Morgan fingerprint density at radius 3 is 2.48 bits per heavy atom. The second-order valence-corrected chi connectivity index (χ2v) is 21.5. The highest BCUT2D eigenvalue weighted by Gasteiger charge is 2.78. The summed E-state index contributed by atoms with van der Waals surface area (Å²) in [4.78, 5) is 14.9. The maximum absolute atomic E-state index is 14.9. The zero-order valence-electron chi connectivity index (χ0n) is 33.9. The molecule has 8 N–H and O–H groups in total. The van der Waals surface area contributed by atoms with Crippen molar-refractivity contribution in [3.63, 3.8) is 0 Å². The molecule has 3 saturated heterocycles. The van der Waals surface area contributed by atoms with Crippen molar-refractivity contribution in [3.05, 3.63) is 11.1 Å². The minimum atomic E-state index is -1.28. The fourth-order valence-electron chi connectivity index (χ4n) is 15.8. The van der Waals surface area contributed by atoms with Gasteiger partial charge < -0.3 is 35.2 Å². The molecule has 3 aliphatic heterocycles. The Morgan fingerprint density at radius 1 is 0.981 bits per heavy atom. The second-order valence-electron chi connectivity index (χ2n) is 21.5. The molecule has 304 valence electrons. The molecule has 6 aliphatic carbocycles. The van der Waals surface area contributed by atoms with Crippen molar-refractivity contribution in [2.45, 2.75) is 185 Å². The van der Waals surface area contributed by atoms with Crippen molar-refractivity contribution in [2.24, 2.45) is 63.4 Å². The molecule has 0 aromatic carbocycles. The Labute approximate surface area is 324 Å². The zero-order valence-corrected chi connectivity index (χ0v) is 33.9. The van der Waals surface area contributed by atoms with Gasteiger partial charge in [-0.2, -0.15) is 0 Å². The highest BCUT2D eigenvalue weighted by atomic mass is 16.6. The van der Waals surface area contributed by atoms with Gasteiger partial charge in [0.05, 0.1) is 30.5 Å². The highest BCUT2D eigenvalue weighted by Crippen LogP contribution is 2.76. The number of aliphatic hydroxyl groups excluding tert-OH is 2. The summed E-state index contributed by atoms with van der Waals surface area (Å²) >= 11 is 0. The third-order valence-corrected chi connectivity index (χ3v) is 19.1. The molecular formula is C45H73N2O7+. The molecule has 7 fully saturated rings. The number of epoxide rings is 1. The molecule has 0 aromatic rings. The van der Waals surface area contributed by atoms with Gasteiger partial charge in [0.25, 0.3) is 0 Å². The third-order valence-electron chi connectivity index (χ3n) is 19.1. The van der Waals surface area contributed by atoms with Gasteiger partial charge in [-0.25, -0.2) is 0 Å². The quantitative estimate of drug-likeness (QED) is 0.188. The molecule has 9 heteroatoms. The van der Waals surface area contributed by atoms with Gasteiger partial charge in [-0.3, -0.25) is 10.5 Å². The summed E-state index contributed by atoms with van der Waals surface area (Å²) in [7, 11) is 0. The van der Waals surface area contributed by atoms with E-state index in [0.717, 1.165) is 108 Å². The maximum atomic E-state index is 14.9. The second kappa shape index (κ2) is 13.3. The first-order valence-electron chi connectivity index (χ1n) is 22.6. The van der Waals surface area contributed by atoms with Crippen molar-refractivity contribution >= 4 is 5.78 Å². The van der Waals surface area contributed by atoms with E-state index in [1.807, 2.05) is 13.8 Å². The van der Waals surface area contributed by atoms with Crippen molar-refractivity contribution in [2.75, 3.05) is 19.8 Å². The fraction of sp³-hybridized carbons (Fsp3) is 0.933. The summed E-state index contributed by atoms with van der Waals surface area (Å²) in [5, 5.41) is 50.6. The number of allylic oxidation sites excluding steroid dienone is 1. The van der Waals surface area contributed by atoms with Crippen molar-refractivity contribution in [3.8, 4) is 0 Å². The lowest BCUT2D eigenvalue weighted by atomic mass is 9.40. The van der Waals surface area contributed by atoms with Crippen LogP contribution < -0.4 is 11.1 Å². The van der Waals surface area contributed by atoms with Crippen LogP contribution in [0.25, 0.3) is 0 Å². The number of carbonyl (C=O) groups is 1. The van der Waals surface area contributed by atoms with Crippen LogP contribution in [0.4, 0.5) is 0 Å². The van der Waals surface area contributed by atoms with Crippen molar-refractivity contribution in [1.29, 1.82) is 0 Å². The largest absolute Gasteiger partial charge is 0.396 e. The molecule has 0 amide bonds. The first kappa shape index (κ1) is 38.6. The predicted octanol–water partition coefficient (Wildman–Crippen LogP) is 4.52. The average molecular weight is 754 g/mol. The standard InChI is InChI=1S/C45H72N2O7/c1-26-15-20-53-44(24-26,39-38(54-39)42(4,51)40(2,25-48)16-11-27-14-19-47-35(46)21-27)34-22-29-9-10-31-36-32(13-17-41(34,3)45(29,36)52)43(28-7-5-6-8-28)18-12-30(49)23-33(43)37(31)50/h26-30,32-35,38-39,47-49,51-52H,5-25,46H2,1-4H3/p+1. The summed E-state index contributed by atoms with van der Waals surface area (Å²) in [6, 6.07) is 0. The van der Waals surface area contributed by atoms with Crippen LogP contribution in [0.1, 0.15) is 143 Å². The Bertz CT molecular complexity index is 1510. The number of hydrogen-bond acceptors (Lipinski definition) is 8. The monoisotopic (exact) mass is 754 g/mol. The summed E-state index contributed by atoms with van der Waals surface area (Å²) in [6.45, 7) is 10.1. The number of Topliss-reactive ketones (excluding diaryl/α,β-unsaturated/α-hetero) is 1. The third kappa shape index (κ3) is 5.26. The molecule has 3 heterocycles. The van der Waals surface area contributed by atoms with Crippen LogP contribution in [0.3, 0.4) is 0 Å². The van der Waals surface area contributed by atoms with Crippen LogP contribution in [0.15, 0.2) is 11.1 Å². The van der Waals surface area contributed by atoms with E-state index in [0.29, 0.717) is 37.2 Å². The minimum Gasteiger partial charge on any atom is -0.396 e. The normalized spacial score (nSPS) is 51.3. The summed E-state index contributed by atoms with van der Waals surface area (Å²) in [5.41, 5.74) is 3.86. The Kier molecular flexibility index (Phi) is 9.51. The van der Waals surface area contributed by atoms with Crippen LogP contribution in [-0.4, -0.2) is 87.2 Å². The number of nitrogens with two attached hydrogens (primary N) is 2. The number of ether oxygens (including phenoxy) is 2. The van der Waals surface area contributed by atoms with E-state index in [1.165, 1.54) is 12.8 Å². The van der Waals surface area contributed by atoms with E-state index in [2.05, 4.69) is 19.2 Å². The Morgan fingerprint density at radius 2 is 1.76 bits per heavy atom. The van der Waals surface area contributed by atoms with Crippen LogP contribution in [-0.2, 0) is 14.3 Å². The summed E-state index contributed by atoms with van der Waals surface area (Å²) < 4.78 is 14.0. The van der Waals surface area contributed by atoms with Crippen LogP contribution in [0.5, 0.6) is 0 Å². The number of hydrogen-bond donors (Lipinski definition) is 6.